The predicted octanol–water partition coefficient (Wildman–Crippen LogP) is 4.14. The minimum absolute atomic E-state index is 0.0116. The zero-order chi connectivity index (χ0) is 19.8. The van der Waals surface area contributed by atoms with Crippen LogP contribution in [0.1, 0.15) is 71.3 Å². The quantitative estimate of drug-likeness (QED) is 0.418. The number of aliphatic hydroxyl groups excluding tert-OH is 1. The van der Waals surface area contributed by atoms with E-state index in [0.29, 0.717) is 24.9 Å². The molecule has 26 heavy (non-hydrogen) atoms. The number of carbonyl (C=O) groups is 1. The largest absolute Gasteiger partial charge is 0.508 e. The van der Waals surface area contributed by atoms with Crippen molar-refractivity contribution in [2.75, 3.05) is 13.2 Å². The Morgan fingerprint density at radius 1 is 1.08 bits per heavy atom. The van der Waals surface area contributed by atoms with Crippen LogP contribution in [0, 0.1) is 5.92 Å². The van der Waals surface area contributed by atoms with E-state index in [1.54, 1.807) is 6.07 Å². The summed E-state index contributed by atoms with van der Waals surface area (Å²) >= 11 is 0. The van der Waals surface area contributed by atoms with Gasteiger partial charge in [0, 0.05) is 25.1 Å². The molecule has 150 valence electrons. The predicted molar refractivity (Wildman–Crippen MR) is 106 cm³/mol. The third-order valence-corrected chi connectivity index (χ3v) is 4.21. The Kier molecular flexibility index (Phi) is 14.5. The molecule has 5 heteroatoms. The maximum absolute atomic E-state index is 12.3. The number of aliphatic hydroxyl groups is 1. The van der Waals surface area contributed by atoms with Crippen molar-refractivity contribution < 1.29 is 20.1 Å². The molecular formula is C21H37NO4. The lowest BCUT2D eigenvalue weighted by Gasteiger charge is -2.16. The molecule has 4 N–H and O–H groups in total. The van der Waals surface area contributed by atoms with Crippen molar-refractivity contribution in [1.82, 2.24) is 5.32 Å². The number of aromatic hydroxyl groups is 2. The van der Waals surface area contributed by atoms with E-state index in [1.165, 1.54) is 37.8 Å². The van der Waals surface area contributed by atoms with Crippen LogP contribution in [0.25, 0.3) is 0 Å². The van der Waals surface area contributed by atoms with Gasteiger partial charge in [0.05, 0.1) is 0 Å². The van der Waals surface area contributed by atoms with Crippen LogP contribution in [0.5, 0.6) is 11.5 Å². The molecule has 0 saturated carbocycles. The van der Waals surface area contributed by atoms with Gasteiger partial charge >= 0.3 is 0 Å². The van der Waals surface area contributed by atoms with E-state index < -0.39 is 0 Å². The van der Waals surface area contributed by atoms with E-state index in [1.807, 2.05) is 13.8 Å². The summed E-state index contributed by atoms with van der Waals surface area (Å²) in [6.07, 6.45) is 7.71. The molecule has 1 aromatic rings. The minimum atomic E-state index is -0.384. The summed E-state index contributed by atoms with van der Waals surface area (Å²) in [6, 6.07) is 4.36. The number of amides is 1. The molecule has 5 nitrogen and oxygen atoms in total. The molecule has 1 unspecified atom stereocenters. The SMILES string of the molecule is CC.CCCCCCCCNC(=O)C(CCO)Cc1ccc(O)cc1O. The van der Waals surface area contributed by atoms with Crippen molar-refractivity contribution in [3.8, 4) is 11.5 Å². The average Bonchev–Trinajstić information content (AvgIpc) is 2.64. The van der Waals surface area contributed by atoms with Crippen LogP contribution >= 0.6 is 0 Å². The van der Waals surface area contributed by atoms with Crippen molar-refractivity contribution in [3.05, 3.63) is 23.8 Å². The van der Waals surface area contributed by atoms with Crippen LogP contribution in [0.4, 0.5) is 0 Å². The molecule has 0 fully saturated rings. The monoisotopic (exact) mass is 367 g/mol. The number of phenolic OH excluding ortho intramolecular Hbond substituents is 2. The highest BCUT2D eigenvalue weighted by molar-refractivity contribution is 5.79. The summed E-state index contributed by atoms with van der Waals surface area (Å²) in [4.78, 5) is 12.3. The first-order valence-electron chi connectivity index (χ1n) is 9.97. The topological polar surface area (TPSA) is 89.8 Å². The number of hydrogen-bond donors (Lipinski definition) is 4. The minimum Gasteiger partial charge on any atom is -0.508 e. The number of rotatable bonds is 12. The molecule has 0 aliphatic rings. The van der Waals surface area contributed by atoms with Gasteiger partial charge in [-0.05, 0) is 30.9 Å². The number of unbranched alkanes of at least 4 members (excludes halogenated alkanes) is 5. The molecule has 0 radical (unpaired) electrons. The van der Waals surface area contributed by atoms with Crippen LogP contribution in [-0.4, -0.2) is 34.4 Å². The lowest BCUT2D eigenvalue weighted by Crippen LogP contribution is -2.33. The highest BCUT2D eigenvalue weighted by Crippen LogP contribution is 2.25. The van der Waals surface area contributed by atoms with E-state index in [0.717, 1.165) is 12.8 Å². The molecule has 0 bridgehead atoms. The summed E-state index contributed by atoms with van der Waals surface area (Å²) in [7, 11) is 0. The number of benzene rings is 1. The Balaban J connectivity index is 0.00000301. The van der Waals surface area contributed by atoms with Gasteiger partial charge in [0.25, 0.3) is 0 Å². The zero-order valence-corrected chi connectivity index (χ0v) is 16.6. The molecule has 0 aliphatic heterocycles. The van der Waals surface area contributed by atoms with Gasteiger partial charge in [0.2, 0.25) is 5.91 Å². The summed E-state index contributed by atoms with van der Waals surface area (Å²) < 4.78 is 0. The molecular weight excluding hydrogens is 330 g/mol. The third-order valence-electron chi connectivity index (χ3n) is 4.21. The van der Waals surface area contributed by atoms with E-state index >= 15 is 0 Å². The molecule has 0 spiro atoms. The van der Waals surface area contributed by atoms with Gasteiger partial charge < -0.3 is 20.6 Å². The second-order valence-electron chi connectivity index (χ2n) is 6.29. The van der Waals surface area contributed by atoms with Crippen LogP contribution in [-0.2, 0) is 11.2 Å². The first-order valence-corrected chi connectivity index (χ1v) is 9.97. The molecule has 0 saturated heterocycles. The number of nitrogens with one attached hydrogen (secondary N) is 1. The fraction of sp³-hybridized carbons (Fsp3) is 0.667. The van der Waals surface area contributed by atoms with Crippen molar-refractivity contribution in [2.45, 2.75) is 72.1 Å². The number of hydrogen-bond acceptors (Lipinski definition) is 4. The summed E-state index contributed by atoms with van der Waals surface area (Å²) in [5.41, 5.74) is 0.598. The second-order valence-corrected chi connectivity index (χ2v) is 6.29. The molecule has 1 rings (SSSR count). The van der Waals surface area contributed by atoms with Crippen LogP contribution in [0.3, 0.4) is 0 Å². The zero-order valence-electron chi connectivity index (χ0n) is 16.6. The smallest absolute Gasteiger partial charge is 0.223 e. The Morgan fingerprint density at radius 2 is 1.73 bits per heavy atom. The van der Waals surface area contributed by atoms with E-state index in [-0.39, 0.29) is 29.9 Å². The lowest BCUT2D eigenvalue weighted by atomic mass is 9.95. The Labute approximate surface area is 158 Å². The average molecular weight is 368 g/mol. The highest BCUT2D eigenvalue weighted by atomic mass is 16.3. The highest BCUT2D eigenvalue weighted by Gasteiger charge is 2.19. The van der Waals surface area contributed by atoms with Crippen LogP contribution in [0.2, 0.25) is 0 Å². The van der Waals surface area contributed by atoms with E-state index in [2.05, 4.69) is 12.2 Å². The third kappa shape index (κ3) is 10.3. The first-order chi connectivity index (χ1) is 12.6. The van der Waals surface area contributed by atoms with Gasteiger partial charge in [0.1, 0.15) is 11.5 Å². The number of carbonyl (C=O) groups excluding carboxylic acids is 1. The van der Waals surface area contributed by atoms with E-state index in [4.69, 9.17) is 0 Å². The maximum atomic E-state index is 12.3. The lowest BCUT2D eigenvalue weighted by molar-refractivity contribution is -0.125. The standard InChI is InChI=1S/C19H31NO4.C2H6/c1-2-3-4-5-6-7-11-20-19(24)16(10-12-21)13-15-8-9-17(22)14-18(15)23;1-2/h8-9,14,16,21-23H,2-7,10-13H2,1H3,(H,20,24);1-2H3. The van der Waals surface area contributed by atoms with Crippen molar-refractivity contribution >= 4 is 5.91 Å². The van der Waals surface area contributed by atoms with Gasteiger partial charge in [-0.2, -0.15) is 0 Å². The molecule has 1 amide bonds. The van der Waals surface area contributed by atoms with Gasteiger partial charge in [-0.15, -0.1) is 0 Å². The fourth-order valence-corrected chi connectivity index (χ4v) is 2.73. The van der Waals surface area contributed by atoms with Gasteiger partial charge in [0.15, 0.2) is 0 Å². The first kappa shape index (κ1) is 24.2. The summed E-state index contributed by atoms with van der Waals surface area (Å²) in [5.74, 6) is -0.514. The molecule has 1 aromatic carbocycles. The van der Waals surface area contributed by atoms with Crippen molar-refractivity contribution in [3.63, 3.8) is 0 Å². The normalized spacial score (nSPS) is 11.4. The molecule has 1 atom stereocenters. The Morgan fingerprint density at radius 3 is 2.35 bits per heavy atom. The number of phenols is 2. The maximum Gasteiger partial charge on any atom is 0.223 e. The van der Waals surface area contributed by atoms with Gasteiger partial charge in [-0.25, -0.2) is 0 Å². The Hall–Kier alpha value is -1.75. The van der Waals surface area contributed by atoms with Crippen LogP contribution < -0.4 is 5.32 Å². The molecule has 0 aromatic heterocycles. The van der Waals surface area contributed by atoms with Crippen molar-refractivity contribution in [2.24, 2.45) is 5.92 Å². The second kappa shape index (κ2) is 15.5. The summed E-state index contributed by atoms with van der Waals surface area (Å²) in [5, 5.41) is 31.3. The molecule has 0 aliphatic carbocycles. The van der Waals surface area contributed by atoms with Gasteiger partial charge in [-0.1, -0.05) is 58.9 Å². The summed E-state index contributed by atoms with van der Waals surface area (Å²) in [6.45, 7) is 6.76. The van der Waals surface area contributed by atoms with Crippen LogP contribution in [0.15, 0.2) is 18.2 Å². The molecule has 0 heterocycles. The van der Waals surface area contributed by atoms with Crippen molar-refractivity contribution in [1.29, 1.82) is 0 Å². The Bertz CT molecular complexity index is 491. The van der Waals surface area contributed by atoms with Gasteiger partial charge in [-0.3, -0.25) is 4.79 Å². The van der Waals surface area contributed by atoms with E-state index in [9.17, 15) is 20.1 Å². The fourth-order valence-electron chi connectivity index (χ4n) is 2.73.